The zero-order valence-corrected chi connectivity index (χ0v) is 11.4. The Morgan fingerprint density at radius 1 is 0.938 bits per heavy atom. The highest BCUT2D eigenvalue weighted by atomic mass is 32.2. The van der Waals surface area contributed by atoms with Crippen LogP contribution in [0.1, 0.15) is 58.3 Å². The summed E-state index contributed by atoms with van der Waals surface area (Å²) in [4.78, 5) is 13.3. The molecule has 0 heterocycles. The first-order chi connectivity index (χ1) is 7.91. The van der Waals surface area contributed by atoms with Gasteiger partial charge in [-0.15, -0.1) is 0 Å². The van der Waals surface area contributed by atoms with Gasteiger partial charge in [-0.2, -0.15) is 11.8 Å². The molecule has 0 bridgehead atoms. The number of unbranched alkanes of at least 4 members (excludes halogenated alkanes) is 6. The highest BCUT2D eigenvalue weighted by molar-refractivity contribution is 7.99. The molecule has 0 aliphatic rings. The van der Waals surface area contributed by atoms with Gasteiger partial charge in [0.2, 0.25) is 6.08 Å². The summed E-state index contributed by atoms with van der Waals surface area (Å²) in [6, 6.07) is 0. The maximum absolute atomic E-state index is 9.79. The van der Waals surface area contributed by atoms with E-state index in [1.807, 2.05) is 11.8 Å². The smallest absolute Gasteiger partial charge is 0.211 e. The summed E-state index contributed by atoms with van der Waals surface area (Å²) in [5, 5.41) is 0. The van der Waals surface area contributed by atoms with Crippen molar-refractivity contribution in [3.8, 4) is 0 Å². The third kappa shape index (κ3) is 13.7. The Hall–Kier alpha value is -0.270. The molecule has 0 aliphatic carbocycles. The number of aliphatic imine (C=N–C) groups is 1. The van der Waals surface area contributed by atoms with Gasteiger partial charge in [0.15, 0.2) is 0 Å². The minimum Gasteiger partial charge on any atom is -0.211 e. The minimum atomic E-state index is 0.654. The SMILES string of the molecule is CCCCCCCCSCCCCN=C=O. The second-order valence-corrected chi connectivity index (χ2v) is 5.28. The minimum absolute atomic E-state index is 0.654. The molecule has 0 aromatic carbocycles. The van der Waals surface area contributed by atoms with Crippen LogP contribution in [0.15, 0.2) is 4.99 Å². The number of carbonyl (C=O) groups excluding carboxylic acids is 1. The number of rotatable bonds is 12. The van der Waals surface area contributed by atoms with Crippen molar-refractivity contribution in [3.63, 3.8) is 0 Å². The number of thioether (sulfide) groups is 1. The Morgan fingerprint density at radius 3 is 2.25 bits per heavy atom. The van der Waals surface area contributed by atoms with Crippen molar-refractivity contribution in [1.29, 1.82) is 0 Å². The van der Waals surface area contributed by atoms with Crippen LogP contribution in [0.25, 0.3) is 0 Å². The summed E-state index contributed by atoms with van der Waals surface area (Å²) < 4.78 is 0. The molecule has 0 spiro atoms. The summed E-state index contributed by atoms with van der Waals surface area (Å²) in [5.41, 5.74) is 0. The number of isocyanates is 1. The van der Waals surface area contributed by atoms with Crippen molar-refractivity contribution in [2.45, 2.75) is 58.3 Å². The molecular weight excluding hydrogens is 218 g/mol. The van der Waals surface area contributed by atoms with E-state index < -0.39 is 0 Å². The van der Waals surface area contributed by atoms with E-state index in [9.17, 15) is 4.79 Å². The first-order valence-electron chi connectivity index (χ1n) is 6.53. The average molecular weight is 243 g/mol. The van der Waals surface area contributed by atoms with Gasteiger partial charge in [0.1, 0.15) is 0 Å². The molecule has 0 aliphatic heterocycles. The van der Waals surface area contributed by atoms with Crippen LogP contribution in [0, 0.1) is 0 Å². The van der Waals surface area contributed by atoms with Gasteiger partial charge < -0.3 is 0 Å². The summed E-state index contributed by atoms with van der Waals surface area (Å²) in [5.74, 6) is 2.51. The van der Waals surface area contributed by atoms with Crippen molar-refractivity contribution in [2.75, 3.05) is 18.1 Å². The van der Waals surface area contributed by atoms with E-state index in [1.165, 1.54) is 56.5 Å². The zero-order chi connectivity index (χ0) is 11.9. The van der Waals surface area contributed by atoms with Crippen molar-refractivity contribution >= 4 is 17.8 Å². The first-order valence-corrected chi connectivity index (χ1v) is 7.68. The predicted octanol–water partition coefficient (Wildman–Crippen LogP) is 4.20. The molecule has 0 rings (SSSR count). The summed E-state index contributed by atoms with van der Waals surface area (Å²) in [6.45, 7) is 2.91. The van der Waals surface area contributed by atoms with E-state index in [0.29, 0.717) is 6.54 Å². The average Bonchev–Trinajstić information content (AvgIpc) is 2.31. The second-order valence-electron chi connectivity index (χ2n) is 4.06. The van der Waals surface area contributed by atoms with E-state index in [4.69, 9.17) is 0 Å². The van der Waals surface area contributed by atoms with Crippen LogP contribution < -0.4 is 0 Å². The molecule has 0 atom stereocenters. The van der Waals surface area contributed by atoms with Crippen molar-refractivity contribution in [1.82, 2.24) is 0 Å². The fourth-order valence-corrected chi connectivity index (χ4v) is 2.55. The monoisotopic (exact) mass is 243 g/mol. The van der Waals surface area contributed by atoms with Gasteiger partial charge in [-0.1, -0.05) is 39.0 Å². The van der Waals surface area contributed by atoms with Crippen molar-refractivity contribution in [2.24, 2.45) is 4.99 Å². The first kappa shape index (κ1) is 15.7. The fraction of sp³-hybridized carbons (Fsp3) is 0.923. The highest BCUT2D eigenvalue weighted by Crippen LogP contribution is 2.11. The summed E-state index contributed by atoms with van der Waals surface area (Å²) in [7, 11) is 0. The molecule has 0 unspecified atom stereocenters. The molecule has 0 aromatic rings. The van der Waals surface area contributed by atoms with Crippen LogP contribution >= 0.6 is 11.8 Å². The fourth-order valence-electron chi connectivity index (χ4n) is 1.53. The lowest BCUT2D eigenvalue weighted by Gasteiger charge is -2.01. The summed E-state index contributed by atoms with van der Waals surface area (Å²) >= 11 is 2.03. The molecule has 0 saturated heterocycles. The van der Waals surface area contributed by atoms with Gasteiger partial charge >= 0.3 is 0 Å². The maximum atomic E-state index is 9.79. The van der Waals surface area contributed by atoms with Crippen LogP contribution in [0.4, 0.5) is 0 Å². The molecule has 0 aromatic heterocycles. The number of hydrogen-bond donors (Lipinski definition) is 0. The Morgan fingerprint density at radius 2 is 1.56 bits per heavy atom. The van der Waals surface area contributed by atoms with E-state index in [0.717, 1.165) is 6.42 Å². The van der Waals surface area contributed by atoms with Gasteiger partial charge in [0.25, 0.3) is 0 Å². The third-order valence-corrected chi connectivity index (χ3v) is 3.67. The molecule has 2 nitrogen and oxygen atoms in total. The van der Waals surface area contributed by atoms with Crippen LogP contribution in [0.5, 0.6) is 0 Å². The largest absolute Gasteiger partial charge is 0.234 e. The topological polar surface area (TPSA) is 29.4 Å². The lowest BCUT2D eigenvalue weighted by atomic mass is 10.1. The molecular formula is C13H25NOS. The molecule has 0 fully saturated rings. The van der Waals surface area contributed by atoms with Crippen molar-refractivity contribution in [3.05, 3.63) is 0 Å². The molecule has 0 radical (unpaired) electrons. The highest BCUT2D eigenvalue weighted by Gasteiger charge is 1.92. The molecule has 0 N–H and O–H groups in total. The predicted molar refractivity (Wildman–Crippen MR) is 72.9 cm³/mol. The standard InChI is InChI=1S/C13H25NOS/c1-2-3-4-5-6-8-11-16-12-9-7-10-14-13-15/h2-12H2,1H3. The Bertz CT molecular complexity index is 179. The maximum Gasteiger partial charge on any atom is 0.234 e. The zero-order valence-electron chi connectivity index (χ0n) is 10.5. The van der Waals surface area contributed by atoms with Crippen molar-refractivity contribution < 1.29 is 4.79 Å². The van der Waals surface area contributed by atoms with E-state index >= 15 is 0 Å². The molecule has 16 heavy (non-hydrogen) atoms. The lowest BCUT2D eigenvalue weighted by Crippen LogP contribution is -1.87. The van der Waals surface area contributed by atoms with Crippen LogP contribution in [-0.4, -0.2) is 24.1 Å². The second kappa shape index (κ2) is 14.7. The summed E-state index contributed by atoms with van der Waals surface area (Å²) in [6.07, 6.45) is 12.1. The van der Waals surface area contributed by atoms with E-state index in [1.54, 1.807) is 6.08 Å². The van der Waals surface area contributed by atoms with E-state index in [2.05, 4.69) is 11.9 Å². The number of nitrogens with zero attached hydrogens (tertiary/aromatic N) is 1. The van der Waals surface area contributed by atoms with Gasteiger partial charge in [-0.05, 0) is 30.8 Å². The molecule has 3 heteroatoms. The molecule has 0 amide bonds. The Kier molecular flexibility index (Phi) is 14.5. The lowest BCUT2D eigenvalue weighted by molar-refractivity contribution is 0.562. The normalized spacial score (nSPS) is 10.1. The van der Waals surface area contributed by atoms with Gasteiger partial charge in [-0.25, -0.2) is 9.79 Å². The third-order valence-electron chi connectivity index (χ3n) is 2.52. The van der Waals surface area contributed by atoms with E-state index in [-0.39, 0.29) is 0 Å². The Labute approximate surface area is 104 Å². The van der Waals surface area contributed by atoms with Gasteiger partial charge in [0, 0.05) is 0 Å². The van der Waals surface area contributed by atoms with Crippen LogP contribution in [-0.2, 0) is 4.79 Å². The van der Waals surface area contributed by atoms with Gasteiger partial charge in [0.05, 0.1) is 6.54 Å². The van der Waals surface area contributed by atoms with Crippen LogP contribution in [0.2, 0.25) is 0 Å². The molecule has 94 valence electrons. The molecule has 0 saturated carbocycles. The van der Waals surface area contributed by atoms with Gasteiger partial charge in [-0.3, -0.25) is 0 Å². The number of hydrogen-bond acceptors (Lipinski definition) is 3. The Balaban J connectivity index is 2.90. The van der Waals surface area contributed by atoms with Crippen LogP contribution in [0.3, 0.4) is 0 Å². The quantitative estimate of drug-likeness (QED) is 0.292.